The quantitative estimate of drug-likeness (QED) is 0.0211. The molecule has 4 aromatic rings. The van der Waals surface area contributed by atoms with E-state index in [4.69, 9.17) is 29.4 Å². The lowest BCUT2D eigenvalue weighted by Gasteiger charge is -2.20. The molecule has 4 rings (SSSR count). The van der Waals surface area contributed by atoms with Gasteiger partial charge < -0.3 is 40.1 Å². The van der Waals surface area contributed by atoms with Crippen LogP contribution in [0.5, 0.6) is 0 Å². The van der Waals surface area contributed by atoms with E-state index in [-0.39, 0.29) is 83.0 Å². The number of aromatic nitrogens is 3. The molecule has 0 fully saturated rings. The molecule has 16 nitrogen and oxygen atoms in total. The Bertz CT molecular complexity index is 2360. The van der Waals surface area contributed by atoms with Crippen molar-refractivity contribution in [1.82, 2.24) is 15.0 Å². The van der Waals surface area contributed by atoms with Crippen LogP contribution in [0.2, 0.25) is 0 Å². The van der Waals surface area contributed by atoms with E-state index < -0.39 is 23.9 Å². The van der Waals surface area contributed by atoms with Gasteiger partial charge in [-0.15, -0.1) is 0 Å². The summed E-state index contributed by atoms with van der Waals surface area (Å²) in [4.78, 5) is 75.3. The second-order valence-electron chi connectivity index (χ2n) is 21.4. The highest BCUT2D eigenvalue weighted by atomic mass is 16.6. The van der Waals surface area contributed by atoms with Crippen molar-refractivity contribution in [2.24, 2.45) is 21.7 Å². The Kier molecular flexibility index (Phi) is 21.3. The predicted octanol–water partition coefficient (Wildman–Crippen LogP) is 10.7. The van der Waals surface area contributed by atoms with Gasteiger partial charge in [-0.05, 0) is 87.8 Å². The molecule has 1 aromatic heterocycles. The molecule has 378 valence electrons. The van der Waals surface area contributed by atoms with E-state index in [1.807, 2.05) is 120 Å². The number of hydrogen-bond acceptors (Lipinski definition) is 16. The maximum Gasteiger partial charge on any atom is 0.345 e. The second kappa shape index (κ2) is 26.0. The number of nitrogens with one attached hydrogen (secondary N) is 2. The van der Waals surface area contributed by atoms with Crippen molar-refractivity contribution in [3.05, 3.63) is 107 Å². The van der Waals surface area contributed by atoms with E-state index in [1.165, 1.54) is 12.2 Å². The van der Waals surface area contributed by atoms with Gasteiger partial charge in [-0.2, -0.15) is 15.0 Å². The third-order valence-electron chi connectivity index (χ3n) is 8.77. The summed E-state index contributed by atoms with van der Waals surface area (Å²) in [6.45, 7) is 26.5. The molecule has 0 radical (unpaired) electrons. The third-order valence-corrected chi connectivity index (χ3v) is 8.77. The van der Waals surface area contributed by atoms with Gasteiger partial charge in [-0.1, -0.05) is 139 Å². The highest BCUT2D eigenvalue weighted by Gasteiger charge is 2.27. The number of ether oxygens (including phenoxy) is 5. The minimum absolute atomic E-state index is 0.0112. The molecular formula is C54H72N6O10. The molecule has 0 bridgehead atoms. The summed E-state index contributed by atoms with van der Waals surface area (Å²) >= 11 is 0. The van der Waals surface area contributed by atoms with Gasteiger partial charge >= 0.3 is 29.8 Å². The van der Waals surface area contributed by atoms with Crippen LogP contribution in [0.15, 0.2) is 90.0 Å². The molecule has 1 heterocycles. The molecule has 0 amide bonds. The van der Waals surface area contributed by atoms with E-state index in [0.29, 0.717) is 29.1 Å². The Morgan fingerprint density at radius 2 is 0.857 bits per heavy atom. The van der Waals surface area contributed by atoms with E-state index in [1.54, 1.807) is 48.5 Å². The van der Waals surface area contributed by atoms with Gasteiger partial charge in [0, 0.05) is 11.4 Å². The fourth-order valence-corrected chi connectivity index (χ4v) is 5.23. The molecule has 0 unspecified atom stereocenters. The van der Waals surface area contributed by atoms with Crippen LogP contribution in [0.1, 0.15) is 124 Å². The number of rotatable bonds is 18. The Morgan fingerprint density at radius 3 is 1.21 bits per heavy atom. The average Bonchev–Trinajstić information content (AvgIpc) is 3.27. The number of nitrogens with two attached hydrogens (primary N) is 1. The molecule has 0 aliphatic carbocycles. The van der Waals surface area contributed by atoms with Gasteiger partial charge in [-0.3, -0.25) is 0 Å². The number of hydrogen-bond donors (Lipinski definition) is 3. The van der Waals surface area contributed by atoms with Crippen LogP contribution < -0.4 is 16.4 Å². The zero-order chi connectivity index (χ0) is 52.3. The van der Waals surface area contributed by atoms with Gasteiger partial charge in [0.2, 0.25) is 17.8 Å². The van der Waals surface area contributed by atoms with Crippen molar-refractivity contribution in [3.8, 4) is 0 Å². The first kappa shape index (κ1) is 57.2. The zero-order valence-corrected chi connectivity index (χ0v) is 43.1. The lowest BCUT2D eigenvalue weighted by molar-refractivity contribution is -0.151. The Balaban J connectivity index is 0.000000454. The second-order valence-corrected chi connectivity index (χ2v) is 21.4. The first-order valence-corrected chi connectivity index (χ1v) is 23.2. The first-order valence-electron chi connectivity index (χ1n) is 23.2. The lowest BCUT2D eigenvalue weighted by atomic mass is 9.98. The fourth-order valence-electron chi connectivity index (χ4n) is 5.23. The van der Waals surface area contributed by atoms with Gasteiger partial charge in [0.15, 0.2) is 0 Å². The molecule has 3 aromatic carbocycles. The van der Waals surface area contributed by atoms with Crippen LogP contribution in [-0.4, -0.2) is 77.8 Å². The predicted molar refractivity (Wildman–Crippen MR) is 273 cm³/mol. The summed E-state index contributed by atoms with van der Waals surface area (Å²) in [6, 6.07) is 22.8. The van der Waals surface area contributed by atoms with Crippen LogP contribution >= 0.6 is 0 Å². The Morgan fingerprint density at radius 1 is 0.500 bits per heavy atom. The Labute approximate surface area is 413 Å². The normalized spacial score (nSPS) is 11.4. The molecule has 16 heteroatoms. The molecule has 0 spiro atoms. The SMILES string of the molecule is CC(C)(C)COC(=O)C(=Cc1ccccc1)C(=O)OCC(C)(C)C.CCCCOC(=O)c1ccc(Nc2nc(N)nc(Nc3ccc(C=C(C(=O)OCC(C)(C)C)C(=O)OCC(C)(C)C)cc3)n2)cc1. The van der Waals surface area contributed by atoms with Crippen LogP contribution in [0.3, 0.4) is 0 Å². The largest absolute Gasteiger partial charge is 0.462 e. The molecule has 0 saturated heterocycles. The summed E-state index contributed by atoms with van der Waals surface area (Å²) in [5.41, 5.74) is 7.76. The zero-order valence-electron chi connectivity index (χ0n) is 43.1. The molecule has 0 aliphatic heterocycles. The number of carbonyl (C=O) groups is 5. The summed E-state index contributed by atoms with van der Waals surface area (Å²) in [6.07, 6.45) is 4.71. The first-order chi connectivity index (χ1) is 32.6. The van der Waals surface area contributed by atoms with Crippen molar-refractivity contribution in [2.45, 2.75) is 103 Å². The molecule has 0 saturated carbocycles. The molecule has 4 N–H and O–H groups in total. The Hall–Kier alpha value is -7.10. The number of benzene rings is 3. The third kappa shape index (κ3) is 22.8. The lowest BCUT2D eigenvalue weighted by Crippen LogP contribution is -2.25. The monoisotopic (exact) mass is 965 g/mol. The summed E-state index contributed by atoms with van der Waals surface area (Å²) in [7, 11) is 0. The van der Waals surface area contributed by atoms with Gasteiger partial charge in [0.05, 0.1) is 38.6 Å². The van der Waals surface area contributed by atoms with Crippen molar-refractivity contribution in [3.63, 3.8) is 0 Å². The van der Waals surface area contributed by atoms with E-state index in [0.717, 1.165) is 18.4 Å². The van der Waals surface area contributed by atoms with Crippen LogP contribution in [0, 0.1) is 21.7 Å². The van der Waals surface area contributed by atoms with Crippen LogP contribution in [0.4, 0.5) is 29.2 Å². The minimum atomic E-state index is -0.752. The number of esters is 5. The van der Waals surface area contributed by atoms with E-state index in [9.17, 15) is 24.0 Å². The summed E-state index contributed by atoms with van der Waals surface area (Å²) in [5.74, 6) is -2.83. The van der Waals surface area contributed by atoms with E-state index >= 15 is 0 Å². The minimum Gasteiger partial charge on any atom is -0.462 e. The van der Waals surface area contributed by atoms with Gasteiger partial charge in [0.25, 0.3) is 0 Å². The standard InChI is InChI=1S/C34H44N6O6.C20H28O4/c1-8-9-18-44-27(41)23-12-16-25(17-13-23)37-32-39-30(35)38-31(40-32)36-24-14-10-22(11-15-24)19-26(28(42)45-20-33(2,3)4)29(43)46-21-34(5,6)7;1-19(2,3)13-23-17(21)16(12-15-10-8-7-9-11-15)18(22)24-14-20(4,5)6/h10-17,19H,8-9,18,20-21H2,1-7H3,(H4,35,36,37,38,39,40);7-12H,13-14H2,1-6H3. The maximum absolute atomic E-state index is 12.9. The van der Waals surface area contributed by atoms with Crippen LogP contribution in [0.25, 0.3) is 12.2 Å². The van der Waals surface area contributed by atoms with Crippen molar-refractivity contribution >= 4 is 71.2 Å². The molecule has 0 atom stereocenters. The average molecular weight is 965 g/mol. The molecule has 70 heavy (non-hydrogen) atoms. The van der Waals surface area contributed by atoms with Gasteiger partial charge in [-0.25, -0.2) is 24.0 Å². The van der Waals surface area contributed by atoms with Gasteiger partial charge in [0.1, 0.15) is 11.1 Å². The number of unbranched alkanes of at least 4 members (excludes halogenated alkanes) is 1. The maximum atomic E-state index is 12.9. The number of nitrogen functional groups attached to an aromatic ring is 1. The summed E-state index contributed by atoms with van der Waals surface area (Å²) < 4.78 is 26.6. The van der Waals surface area contributed by atoms with Crippen molar-refractivity contribution < 1.29 is 47.7 Å². The smallest absolute Gasteiger partial charge is 0.345 e. The number of nitrogens with zero attached hydrogens (tertiary/aromatic N) is 3. The molecular weight excluding hydrogens is 893 g/mol. The van der Waals surface area contributed by atoms with E-state index in [2.05, 4.69) is 25.6 Å². The topological polar surface area (TPSA) is 220 Å². The number of carbonyl (C=O) groups excluding carboxylic acids is 5. The number of anilines is 5. The van der Waals surface area contributed by atoms with Crippen molar-refractivity contribution in [1.29, 1.82) is 0 Å². The highest BCUT2D eigenvalue weighted by Crippen LogP contribution is 2.23. The van der Waals surface area contributed by atoms with Crippen LogP contribution in [-0.2, 0) is 42.9 Å². The van der Waals surface area contributed by atoms with Crippen molar-refractivity contribution in [2.75, 3.05) is 49.4 Å². The fraction of sp³-hybridized carbons (Fsp3) is 0.444. The summed E-state index contributed by atoms with van der Waals surface area (Å²) in [5, 5.41) is 6.12. The molecule has 0 aliphatic rings. The highest BCUT2D eigenvalue weighted by molar-refractivity contribution is 6.18.